The largest absolute Gasteiger partial charge is 0.325 e. The van der Waals surface area contributed by atoms with Crippen molar-refractivity contribution in [3.05, 3.63) is 52.3 Å². The van der Waals surface area contributed by atoms with Gasteiger partial charge in [-0.3, -0.25) is 4.98 Å². The summed E-state index contributed by atoms with van der Waals surface area (Å²) in [5, 5.41) is 1.12. The minimum atomic E-state index is 0.440. The molecule has 0 unspecified atom stereocenters. The van der Waals surface area contributed by atoms with Crippen LogP contribution in [-0.4, -0.2) is 4.98 Å². The Bertz CT molecular complexity index is 532. The number of rotatable bonds is 3. The maximum absolute atomic E-state index is 5.96. The van der Waals surface area contributed by atoms with Crippen LogP contribution in [0.15, 0.2) is 46.3 Å². The lowest BCUT2D eigenvalue weighted by atomic mass is 10.3. The summed E-state index contributed by atoms with van der Waals surface area (Å²) in [6.07, 6.45) is 1.75. The molecule has 0 fully saturated rings. The van der Waals surface area contributed by atoms with Gasteiger partial charge in [-0.05, 0) is 30.3 Å². The summed E-state index contributed by atoms with van der Waals surface area (Å²) >= 11 is 13.4. The highest BCUT2D eigenvalue weighted by atomic mass is 35.5. The number of halogens is 2. The van der Waals surface area contributed by atoms with Crippen LogP contribution in [0.25, 0.3) is 0 Å². The molecule has 2 aromatic rings. The molecule has 0 aliphatic heterocycles. The van der Waals surface area contributed by atoms with E-state index in [4.69, 9.17) is 28.9 Å². The van der Waals surface area contributed by atoms with Crippen LogP contribution in [0.1, 0.15) is 5.69 Å². The monoisotopic (exact) mass is 284 g/mol. The lowest BCUT2D eigenvalue weighted by Gasteiger charge is -2.04. The van der Waals surface area contributed by atoms with E-state index in [0.29, 0.717) is 16.6 Å². The zero-order chi connectivity index (χ0) is 12.3. The topological polar surface area (TPSA) is 38.9 Å². The van der Waals surface area contributed by atoms with Gasteiger partial charge in [0.15, 0.2) is 0 Å². The average molecular weight is 285 g/mol. The van der Waals surface area contributed by atoms with Crippen LogP contribution in [0.4, 0.5) is 0 Å². The molecule has 0 radical (unpaired) electrons. The first-order chi connectivity index (χ1) is 8.19. The van der Waals surface area contributed by atoms with Crippen molar-refractivity contribution in [1.82, 2.24) is 4.98 Å². The maximum atomic E-state index is 5.96. The third-order valence-corrected chi connectivity index (χ3v) is 3.84. The third kappa shape index (κ3) is 3.36. The molecule has 0 saturated carbocycles. The minimum absolute atomic E-state index is 0.440. The molecule has 0 aliphatic rings. The number of nitrogens with zero attached hydrogens (tertiary/aromatic N) is 1. The first kappa shape index (κ1) is 12.7. The van der Waals surface area contributed by atoms with Crippen molar-refractivity contribution in [3.63, 3.8) is 0 Å². The van der Waals surface area contributed by atoms with Crippen molar-refractivity contribution in [1.29, 1.82) is 0 Å². The van der Waals surface area contributed by atoms with Gasteiger partial charge < -0.3 is 5.73 Å². The number of hydrogen-bond donors (Lipinski definition) is 1. The summed E-state index contributed by atoms with van der Waals surface area (Å²) in [6.45, 7) is 0.440. The smallest absolute Gasteiger partial charge is 0.0603 e. The van der Waals surface area contributed by atoms with Crippen LogP contribution in [0.2, 0.25) is 10.0 Å². The van der Waals surface area contributed by atoms with Crippen LogP contribution in [-0.2, 0) is 6.54 Å². The van der Waals surface area contributed by atoms with Crippen molar-refractivity contribution in [2.24, 2.45) is 5.73 Å². The summed E-state index contributed by atoms with van der Waals surface area (Å²) in [4.78, 5) is 6.26. The molecule has 88 valence electrons. The molecule has 1 heterocycles. The van der Waals surface area contributed by atoms with Gasteiger partial charge in [-0.2, -0.15) is 0 Å². The Morgan fingerprint density at radius 2 is 1.82 bits per heavy atom. The van der Waals surface area contributed by atoms with Crippen molar-refractivity contribution < 1.29 is 0 Å². The molecule has 1 aromatic heterocycles. The van der Waals surface area contributed by atoms with E-state index < -0.39 is 0 Å². The van der Waals surface area contributed by atoms with Gasteiger partial charge in [0.2, 0.25) is 0 Å². The number of aromatic nitrogens is 1. The Labute approximate surface area is 114 Å². The molecule has 0 aliphatic carbocycles. The van der Waals surface area contributed by atoms with Gasteiger partial charge in [-0.1, -0.05) is 35.0 Å². The molecule has 0 saturated heterocycles. The van der Waals surface area contributed by atoms with Crippen LogP contribution in [0, 0.1) is 0 Å². The second-order valence-corrected chi connectivity index (χ2v) is 5.33. The Morgan fingerprint density at radius 1 is 1.06 bits per heavy atom. The van der Waals surface area contributed by atoms with Gasteiger partial charge >= 0.3 is 0 Å². The fourth-order valence-corrected chi connectivity index (χ4v) is 2.58. The number of benzene rings is 1. The van der Waals surface area contributed by atoms with Crippen molar-refractivity contribution in [2.45, 2.75) is 16.3 Å². The van der Waals surface area contributed by atoms with E-state index in [1.54, 1.807) is 24.0 Å². The van der Waals surface area contributed by atoms with E-state index in [-0.39, 0.29) is 0 Å². The van der Waals surface area contributed by atoms with Crippen LogP contribution >= 0.6 is 35.0 Å². The first-order valence-corrected chi connectivity index (χ1v) is 6.54. The van der Waals surface area contributed by atoms with Gasteiger partial charge in [-0.15, -0.1) is 0 Å². The van der Waals surface area contributed by atoms with Crippen LogP contribution in [0.5, 0.6) is 0 Å². The van der Waals surface area contributed by atoms with Crippen molar-refractivity contribution >= 4 is 35.0 Å². The lowest BCUT2D eigenvalue weighted by molar-refractivity contribution is 0.976. The highest BCUT2D eigenvalue weighted by Crippen LogP contribution is 2.32. The Balaban J connectivity index is 2.22. The predicted octanol–water partition coefficient (Wildman–Crippen LogP) is 4.00. The van der Waals surface area contributed by atoms with E-state index in [1.807, 2.05) is 24.3 Å². The van der Waals surface area contributed by atoms with Gasteiger partial charge in [0.1, 0.15) is 0 Å². The fourth-order valence-electron chi connectivity index (χ4n) is 1.31. The summed E-state index contributed by atoms with van der Waals surface area (Å²) in [7, 11) is 0. The molecular weight excluding hydrogens is 275 g/mol. The minimum Gasteiger partial charge on any atom is -0.325 e. The number of hydrogen-bond acceptors (Lipinski definition) is 3. The molecule has 17 heavy (non-hydrogen) atoms. The second-order valence-electron chi connectivity index (χ2n) is 3.36. The SMILES string of the molecule is NCc1cc(Sc2ccc(Cl)c(Cl)c2)ccn1. The van der Waals surface area contributed by atoms with Gasteiger partial charge in [0.05, 0.1) is 15.7 Å². The van der Waals surface area contributed by atoms with E-state index >= 15 is 0 Å². The normalized spacial score (nSPS) is 10.5. The zero-order valence-corrected chi connectivity index (χ0v) is 11.2. The molecule has 0 atom stereocenters. The van der Waals surface area contributed by atoms with E-state index in [2.05, 4.69) is 4.98 Å². The molecule has 0 spiro atoms. The summed E-state index contributed by atoms with van der Waals surface area (Å²) < 4.78 is 0. The number of pyridine rings is 1. The van der Waals surface area contributed by atoms with Crippen LogP contribution < -0.4 is 5.73 Å². The first-order valence-electron chi connectivity index (χ1n) is 4.97. The standard InChI is InChI=1S/C12H10Cl2N2S/c13-11-2-1-9(6-12(11)14)17-10-3-4-16-8(5-10)7-15/h1-6H,7,15H2. The average Bonchev–Trinajstić information content (AvgIpc) is 2.34. The maximum Gasteiger partial charge on any atom is 0.0603 e. The zero-order valence-electron chi connectivity index (χ0n) is 8.86. The molecule has 1 aromatic carbocycles. The predicted molar refractivity (Wildman–Crippen MR) is 72.7 cm³/mol. The Hall–Kier alpha value is -0.740. The summed E-state index contributed by atoms with van der Waals surface area (Å²) in [5.41, 5.74) is 6.42. The van der Waals surface area contributed by atoms with Gasteiger partial charge in [0.25, 0.3) is 0 Å². The summed E-state index contributed by atoms with van der Waals surface area (Å²) in [5.74, 6) is 0. The van der Waals surface area contributed by atoms with Gasteiger partial charge in [0, 0.05) is 22.5 Å². The van der Waals surface area contributed by atoms with Gasteiger partial charge in [-0.25, -0.2) is 0 Å². The Morgan fingerprint density at radius 3 is 2.53 bits per heavy atom. The van der Waals surface area contributed by atoms with Crippen molar-refractivity contribution in [3.8, 4) is 0 Å². The number of nitrogens with two attached hydrogens (primary N) is 1. The van der Waals surface area contributed by atoms with E-state index in [1.165, 1.54) is 0 Å². The van der Waals surface area contributed by atoms with Crippen LogP contribution in [0.3, 0.4) is 0 Å². The highest BCUT2D eigenvalue weighted by molar-refractivity contribution is 7.99. The second kappa shape index (κ2) is 5.74. The molecule has 2 rings (SSSR count). The third-order valence-electron chi connectivity index (χ3n) is 2.12. The fraction of sp³-hybridized carbons (Fsp3) is 0.0833. The van der Waals surface area contributed by atoms with Crippen molar-refractivity contribution in [2.75, 3.05) is 0 Å². The molecular formula is C12H10Cl2N2S. The molecule has 2 nitrogen and oxygen atoms in total. The van der Waals surface area contributed by atoms with E-state index in [0.717, 1.165) is 15.5 Å². The molecule has 2 N–H and O–H groups in total. The molecule has 5 heteroatoms. The quantitative estimate of drug-likeness (QED) is 0.926. The lowest BCUT2D eigenvalue weighted by Crippen LogP contribution is -1.98. The highest BCUT2D eigenvalue weighted by Gasteiger charge is 2.02. The molecule has 0 amide bonds. The Kier molecular flexibility index (Phi) is 4.29. The van der Waals surface area contributed by atoms with E-state index in [9.17, 15) is 0 Å². The summed E-state index contributed by atoms with van der Waals surface area (Å²) in [6, 6.07) is 9.47. The molecule has 0 bridgehead atoms.